The van der Waals surface area contributed by atoms with E-state index in [9.17, 15) is 14.4 Å². The number of anilines is 3. The molecule has 0 radical (unpaired) electrons. The third-order valence-electron chi connectivity index (χ3n) is 6.68. The lowest BCUT2D eigenvalue weighted by Gasteiger charge is -2.28. The van der Waals surface area contributed by atoms with Gasteiger partial charge in [0.1, 0.15) is 0 Å². The first-order valence-corrected chi connectivity index (χ1v) is 13.2. The number of aryl methyl sites for hydroxylation is 1. The highest BCUT2D eigenvalue weighted by atomic mass is 16.2. The Morgan fingerprint density at radius 1 is 0.821 bits per heavy atom. The Kier molecular flexibility index (Phi) is 9.66. The lowest BCUT2D eigenvalue weighted by molar-refractivity contribution is 0.0772. The number of nitrogens with zero attached hydrogens (tertiary/aromatic N) is 3. The van der Waals surface area contributed by atoms with Gasteiger partial charge in [0.25, 0.3) is 17.7 Å². The number of amides is 3. The fourth-order valence-electron chi connectivity index (χ4n) is 4.28. The van der Waals surface area contributed by atoms with Gasteiger partial charge in [0.2, 0.25) is 0 Å². The molecule has 0 saturated heterocycles. The lowest BCUT2D eigenvalue weighted by atomic mass is 10.1. The zero-order valence-electron chi connectivity index (χ0n) is 23.9. The molecule has 3 aromatic carbocycles. The van der Waals surface area contributed by atoms with Gasteiger partial charge >= 0.3 is 0 Å². The molecule has 1 N–H and O–H groups in total. The first kappa shape index (κ1) is 29.2. The third-order valence-corrected chi connectivity index (χ3v) is 6.68. The molecule has 3 amide bonds. The summed E-state index contributed by atoms with van der Waals surface area (Å²) in [7, 11) is 3.46. The van der Waals surface area contributed by atoms with Crippen molar-refractivity contribution in [3.05, 3.63) is 101 Å². The van der Waals surface area contributed by atoms with E-state index in [2.05, 4.69) is 5.32 Å². The summed E-state index contributed by atoms with van der Waals surface area (Å²) >= 11 is 0. The number of allylic oxidation sites excluding steroid dienone is 2. The zero-order chi connectivity index (χ0) is 28.7. The van der Waals surface area contributed by atoms with Gasteiger partial charge in [-0.3, -0.25) is 14.4 Å². The minimum absolute atomic E-state index is 0.0307. The Bertz CT molecular complexity index is 1370. The Balaban J connectivity index is 1.92. The van der Waals surface area contributed by atoms with Crippen molar-refractivity contribution >= 4 is 34.8 Å². The van der Waals surface area contributed by atoms with Crippen LogP contribution >= 0.6 is 0 Å². The van der Waals surface area contributed by atoms with Crippen LogP contribution in [0.4, 0.5) is 17.1 Å². The Morgan fingerprint density at radius 2 is 1.46 bits per heavy atom. The number of hydrogen-bond acceptors (Lipinski definition) is 4. The summed E-state index contributed by atoms with van der Waals surface area (Å²) in [6.07, 6.45) is 1.99. The highest BCUT2D eigenvalue weighted by Crippen LogP contribution is 2.34. The number of benzene rings is 3. The van der Waals surface area contributed by atoms with Gasteiger partial charge in [-0.05, 0) is 94.8 Å². The van der Waals surface area contributed by atoms with E-state index in [1.54, 1.807) is 60.3 Å². The van der Waals surface area contributed by atoms with Gasteiger partial charge in [-0.15, -0.1) is 0 Å². The quantitative estimate of drug-likeness (QED) is 0.346. The van der Waals surface area contributed by atoms with Crippen molar-refractivity contribution < 1.29 is 14.4 Å². The van der Waals surface area contributed by atoms with Crippen LogP contribution in [0.5, 0.6) is 0 Å². The van der Waals surface area contributed by atoms with E-state index in [1.807, 2.05) is 75.9 Å². The molecule has 0 spiro atoms. The van der Waals surface area contributed by atoms with Crippen molar-refractivity contribution in [2.75, 3.05) is 37.4 Å². The second-order valence-corrected chi connectivity index (χ2v) is 9.53. The van der Waals surface area contributed by atoms with Crippen molar-refractivity contribution in [3.8, 4) is 0 Å². The van der Waals surface area contributed by atoms with E-state index in [1.165, 1.54) is 0 Å². The summed E-state index contributed by atoms with van der Waals surface area (Å²) in [5.74, 6) is -0.366. The van der Waals surface area contributed by atoms with E-state index in [0.29, 0.717) is 35.5 Å². The molecule has 3 rings (SSSR count). The molecule has 7 heteroatoms. The maximum atomic E-state index is 13.2. The minimum atomic E-state index is -0.256. The second kappa shape index (κ2) is 12.9. The summed E-state index contributed by atoms with van der Waals surface area (Å²) in [4.78, 5) is 43.8. The molecule has 0 aliphatic carbocycles. The van der Waals surface area contributed by atoms with Crippen LogP contribution in [0.25, 0.3) is 0 Å². The van der Waals surface area contributed by atoms with Gasteiger partial charge in [-0.2, -0.15) is 0 Å². The van der Waals surface area contributed by atoms with E-state index in [-0.39, 0.29) is 17.7 Å². The predicted octanol–water partition coefficient (Wildman–Crippen LogP) is 6.49. The van der Waals surface area contributed by atoms with Crippen LogP contribution in [0.3, 0.4) is 0 Å². The Morgan fingerprint density at radius 3 is 2.05 bits per heavy atom. The monoisotopic (exact) mass is 526 g/mol. The fourth-order valence-corrected chi connectivity index (χ4v) is 4.28. The summed E-state index contributed by atoms with van der Waals surface area (Å²) in [5, 5.41) is 2.94. The summed E-state index contributed by atoms with van der Waals surface area (Å²) in [6, 6.07) is 20.0. The number of carbonyl (C=O) groups is 3. The molecule has 0 fully saturated rings. The smallest absolute Gasteiger partial charge is 0.255 e. The largest absolute Gasteiger partial charge is 0.345 e. The first-order valence-electron chi connectivity index (χ1n) is 13.2. The molecule has 0 aliphatic heterocycles. The molecule has 0 aliphatic rings. The molecule has 0 atom stereocenters. The van der Waals surface area contributed by atoms with Crippen LogP contribution in [-0.4, -0.2) is 54.7 Å². The van der Waals surface area contributed by atoms with Crippen molar-refractivity contribution in [2.24, 2.45) is 0 Å². The van der Waals surface area contributed by atoms with E-state index >= 15 is 0 Å². The van der Waals surface area contributed by atoms with Gasteiger partial charge in [0.05, 0.1) is 0 Å². The minimum Gasteiger partial charge on any atom is -0.345 e. The summed E-state index contributed by atoms with van der Waals surface area (Å²) in [6.45, 7) is 11.1. The van der Waals surface area contributed by atoms with Gasteiger partial charge in [0.15, 0.2) is 0 Å². The SMILES string of the molecule is C/C=C(/C)N(c1cccc(C(=O)N(C)C)c1)c1cc(C(=O)Nc2ccc(C(=O)N(CC)CC)cc2)ccc1C. The molecule has 3 aromatic rings. The summed E-state index contributed by atoms with van der Waals surface area (Å²) in [5.41, 5.74) is 5.88. The molecule has 0 unspecified atom stereocenters. The van der Waals surface area contributed by atoms with Crippen LogP contribution in [0, 0.1) is 6.92 Å². The highest BCUT2D eigenvalue weighted by Gasteiger charge is 2.19. The fraction of sp³-hybridized carbons (Fsp3) is 0.281. The molecule has 0 aromatic heterocycles. The first-order chi connectivity index (χ1) is 18.6. The lowest BCUT2D eigenvalue weighted by Crippen LogP contribution is -2.30. The van der Waals surface area contributed by atoms with Crippen LogP contribution < -0.4 is 10.2 Å². The van der Waals surface area contributed by atoms with Crippen molar-refractivity contribution in [2.45, 2.75) is 34.6 Å². The number of carbonyl (C=O) groups excluding carboxylic acids is 3. The predicted molar refractivity (Wildman–Crippen MR) is 159 cm³/mol. The van der Waals surface area contributed by atoms with Crippen LogP contribution in [0.15, 0.2) is 78.5 Å². The van der Waals surface area contributed by atoms with Gasteiger partial charge in [-0.25, -0.2) is 0 Å². The Labute approximate surface area is 231 Å². The average Bonchev–Trinajstić information content (AvgIpc) is 2.94. The molecule has 0 saturated carbocycles. The van der Waals surface area contributed by atoms with Crippen molar-refractivity contribution in [3.63, 3.8) is 0 Å². The van der Waals surface area contributed by atoms with E-state index < -0.39 is 0 Å². The normalized spacial score (nSPS) is 11.1. The van der Waals surface area contributed by atoms with Crippen LogP contribution in [-0.2, 0) is 0 Å². The third kappa shape index (κ3) is 6.74. The average molecular weight is 527 g/mol. The molecule has 0 heterocycles. The van der Waals surface area contributed by atoms with E-state index in [4.69, 9.17) is 0 Å². The number of hydrogen-bond donors (Lipinski definition) is 1. The maximum Gasteiger partial charge on any atom is 0.255 e. The van der Waals surface area contributed by atoms with Gasteiger partial charge in [-0.1, -0.05) is 18.2 Å². The Hall–Kier alpha value is -4.39. The van der Waals surface area contributed by atoms with Gasteiger partial charge < -0.3 is 20.0 Å². The number of rotatable bonds is 9. The second-order valence-electron chi connectivity index (χ2n) is 9.53. The van der Waals surface area contributed by atoms with Crippen LogP contribution in [0.2, 0.25) is 0 Å². The summed E-state index contributed by atoms with van der Waals surface area (Å²) < 4.78 is 0. The maximum absolute atomic E-state index is 13.2. The highest BCUT2D eigenvalue weighted by molar-refractivity contribution is 6.05. The number of nitrogens with one attached hydrogen (secondary N) is 1. The van der Waals surface area contributed by atoms with Crippen molar-refractivity contribution in [1.29, 1.82) is 0 Å². The zero-order valence-corrected chi connectivity index (χ0v) is 23.9. The molecular formula is C32H38N4O3. The topological polar surface area (TPSA) is 73.0 Å². The molecule has 7 nitrogen and oxygen atoms in total. The van der Waals surface area contributed by atoms with E-state index in [0.717, 1.165) is 22.6 Å². The molecular weight excluding hydrogens is 488 g/mol. The molecule has 39 heavy (non-hydrogen) atoms. The molecule has 0 bridgehead atoms. The molecule has 204 valence electrons. The van der Waals surface area contributed by atoms with Crippen LogP contribution in [0.1, 0.15) is 64.3 Å². The van der Waals surface area contributed by atoms with Crippen molar-refractivity contribution in [1.82, 2.24) is 9.80 Å². The standard InChI is InChI=1S/C32H38N4O3/c1-8-23(5)36(28-13-11-12-26(20-28)31(38)34(6)7)29-21-25(15-14-22(29)4)30(37)33-27-18-16-24(17-19-27)32(39)35(9-2)10-3/h8,11-21H,9-10H2,1-7H3,(H,33,37)/b23-8-. The van der Waals surface area contributed by atoms with Gasteiger partial charge in [0, 0.05) is 66.6 Å².